The van der Waals surface area contributed by atoms with Crippen LogP contribution in [-0.4, -0.2) is 30.0 Å². The summed E-state index contributed by atoms with van der Waals surface area (Å²) in [7, 11) is 3.07. The van der Waals surface area contributed by atoms with Crippen molar-refractivity contribution in [2.24, 2.45) is 0 Å². The SMILES string of the molecule is COc1cc(OC)cc(C(=O)Oc2c(Sc3ccccc3)c(C)nn2-c2ccccc2)c1. The number of rotatable bonds is 7. The summed E-state index contributed by atoms with van der Waals surface area (Å²) in [5.74, 6) is 0.828. The average Bonchev–Trinajstić information content (AvgIpc) is 3.14. The third-order valence-electron chi connectivity index (χ3n) is 4.71. The number of carbonyl (C=O) groups excluding carboxylic acids is 1. The lowest BCUT2D eigenvalue weighted by Gasteiger charge is -2.12. The molecular weight excluding hydrogens is 424 g/mol. The summed E-state index contributed by atoms with van der Waals surface area (Å²) in [6.07, 6.45) is 0. The minimum atomic E-state index is -0.533. The first-order chi connectivity index (χ1) is 15.6. The standard InChI is InChI=1S/C25H22N2O4S/c1-17-23(32-22-12-8-5-9-13-22)24(27(26-17)19-10-6-4-7-11-19)31-25(28)18-14-20(29-2)16-21(15-18)30-3/h4-16H,1-3H3. The van der Waals surface area contributed by atoms with Gasteiger partial charge >= 0.3 is 5.97 Å². The minimum Gasteiger partial charge on any atom is -0.497 e. The second-order valence-corrected chi connectivity index (χ2v) is 7.96. The summed E-state index contributed by atoms with van der Waals surface area (Å²) in [5.41, 5.74) is 1.87. The van der Waals surface area contributed by atoms with Gasteiger partial charge in [-0.1, -0.05) is 48.2 Å². The topological polar surface area (TPSA) is 62.6 Å². The van der Waals surface area contributed by atoms with Crippen molar-refractivity contribution in [2.75, 3.05) is 14.2 Å². The Labute approximate surface area is 190 Å². The molecule has 0 N–H and O–H groups in total. The maximum absolute atomic E-state index is 13.2. The van der Waals surface area contributed by atoms with Crippen molar-refractivity contribution in [3.05, 3.63) is 90.1 Å². The van der Waals surface area contributed by atoms with Gasteiger partial charge in [0, 0.05) is 11.0 Å². The molecule has 4 aromatic rings. The largest absolute Gasteiger partial charge is 0.497 e. The van der Waals surface area contributed by atoms with E-state index in [1.807, 2.05) is 67.6 Å². The van der Waals surface area contributed by atoms with Crippen molar-refractivity contribution in [1.29, 1.82) is 0 Å². The van der Waals surface area contributed by atoms with Gasteiger partial charge in [0.25, 0.3) is 0 Å². The molecule has 1 heterocycles. The van der Waals surface area contributed by atoms with Gasteiger partial charge in [-0.25, -0.2) is 4.79 Å². The molecule has 32 heavy (non-hydrogen) atoms. The van der Waals surface area contributed by atoms with Crippen LogP contribution in [0.1, 0.15) is 16.1 Å². The molecule has 0 radical (unpaired) electrons. The second-order valence-electron chi connectivity index (χ2n) is 6.87. The zero-order valence-electron chi connectivity index (χ0n) is 17.9. The third-order valence-corrected chi connectivity index (χ3v) is 5.89. The van der Waals surface area contributed by atoms with E-state index in [1.165, 1.54) is 26.0 Å². The molecule has 0 aliphatic carbocycles. The van der Waals surface area contributed by atoms with Gasteiger partial charge in [-0.2, -0.15) is 9.78 Å². The Kier molecular flexibility index (Phi) is 6.47. The number of para-hydroxylation sites is 1. The number of nitrogens with zero attached hydrogens (tertiary/aromatic N) is 2. The molecule has 1 aromatic heterocycles. The first-order valence-corrected chi connectivity index (χ1v) is 10.7. The van der Waals surface area contributed by atoms with E-state index in [4.69, 9.17) is 14.2 Å². The van der Waals surface area contributed by atoms with Crippen molar-refractivity contribution < 1.29 is 19.0 Å². The smallest absolute Gasteiger partial charge is 0.345 e. The zero-order valence-corrected chi connectivity index (χ0v) is 18.8. The number of benzene rings is 3. The molecule has 0 aliphatic rings. The van der Waals surface area contributed by atoms with Crippen LogP contribution in [0, 0.1) is 6.92 Å². The van der Waals surface area contributed by atoms with Gasteiger partial charge in [0.05, 0.1) is 36.1 Å². The summed E-state index contributed by atoms with van der Waals surface area (Å²) >= 11 is 1.50. The molecule has 0 aliphatic heterocycles. The highest BCUT2D eigenvalue weighted by atomic mass is 32.2. The molecule has 0 unspecified atom stereocenters. The number of esters is 1. The quantitative estimate of drug-likeness (QED) is 0.346. The van der Waals surface area contributed by atoms with Crippen LogP contribution in [0.3, 0.4) is 0 Å². The number of methoxy groups -OCH3 is 2. The fourth-order valence-corrected chi connectivity index (χ4v) is 4.05. The molecule has 0 bridgehead atoms. The number of carbonyl (C=O) groups is 1. The van der Waals surface area contributed by atoms with Gasteiger partial charge in [-0.05, 0) is 43.3 Å². The van der Waals surface area contributed by atoms with Crippen molar-refractivity contribution in [3.63, 3.8) is 0 Å². The van der Waals surface area contributed by atoms with E-state index in [1.54, 1.807) is 22.9 Å². The highest BCUT2D eigenvalue weighted by Crippen LogP contribution is 2.39. The lowest BCUT2D eigenvalue weighted by molar-refractivity contribution is 0.0717. The van der Waals surface area contributed by atoms with Crippen molar-refractivity contribution in [2.45, 2.75) is 16.7 Å². The third kappa shape index (κ3) is 4.63. The zero-order chi connectivity index (χ0) is 22.5. The van der Waals surface area contributed by atoms with Gasteiger partial charge in [0.15, 0.2) is 0 Å². The summed E-state index contributed by atoms with van der Waals surface area (Å²) in [4.78, 5) is 14.9. The van der Waals surface area contributed by atoms with Crippen LogP contribution in [0.25, 0.3) is 5.69 Å². The molecule has 7 heteroatoms. The average molecular weight is 447 g/mol. The number of hydrogen-bond acceptors (Lipinski definition) is 6. The van der Waals surface area contributed by atoms with E-state index < -0.39 is 5.97 Å². The molecule has 0 atom stereocenters. The second kappa shape index (κ2) is 9.62. The van der Waals surface area contributed by atoms with E-state index >= 15 is 0 Å². The number of hydrogen-bond donors (Lipinski definition) is 0. The Morgan fingerprint density at radius 2 is 1.47 bits per heavy atom. The van der Waals surface area contributed by atoms with Gasteiger partial charge in [0.1, 0.15) is 11.5 Å². The van der Waals surface area contributed by atoms with Gasteiger partial charge in [-0.3, -0.25) is 0 Å². The fourth-order valence-electron chi connectivity index (χ4n) is 3.12. The molecule has 0 spiro atoms. The molecule has 0 saturated carbocycles. The molecular formula is C25H22N2O4S. The fraction of sp³-hybridized carbons (Fsp3) is 0.120. The predicted molar refractivity (Wildman–Crippen MR) is 123 cm³/mol. The van der Waals surface area contributed by atoms with Crippen LogP contribution in [0.15, 0.2) is 88.7 Å². The summed E-state index contributed by atoms with van der Waals surface area (Å²) < 4.78 is 18.2. The highest BCUT2D eigenvalue weighted by Gasteiger charge is 2.23. The Morgan fingerprint density at radius 1 is 0.875 bits per heavy atom. The van der Waals surface area contributed by atoms with Crippen LogP contribution in [0.2, 0.25) is 0 Å². The minimum absolute atomic E-state index is 0.315. The molecule has 6 nitrogen and oxygen atoms in total. The number of aryl methyl sites for hydroxylation is 1. The van der Waals surface area contributed by atoms with Crippen molar-refractivity contribution in [3.8, 4) is 23.1 Å². The lowest BCUT2D eigenvalue weighted by Crippen LogP contribution is -2.12. The monoisotopic (exact) mass is 446 g/mol. The van der Waals surface area contributed by atoms with Crippen molar-refractivity contribution in [1.82, 2.24) is 9.78 Å². The van der Waals surface area contributed by atoms with E-state index in [-0.39, 0.29) is 0 Å². The van der Waals surface area contributed by atoms with E-state index in [0.29, 0.717) is 22.9 Å². The van der Waals surface area contributed by atoms with E-state index in [0.717, 1.165) is 21.2 Å². The van der Waals surface area contributed by atoms with Crippen LogP contribution >= 0.6 is 11.8 Å². The Morgan fingerprint density at radius 3 is 2.06 bits per heavy atom. The van der Waals surface area contributed by atoms with Gasteiger partial charge in [-0.15, -0.1) is 0 Å². The lowest BCUT2D eigenvalue weighted by atomic mass is 10.2. The van der Waals surface area contributed by atoms with E-state index in [2.05, 4.69) is 5.10 Å². The summed E-state index contributed by atoms with van der Waals surface area (Å²) in [6.45, 7) is 1.90. The highest BCUT2D eigenvalue weighted by molar-refractivity contribution is 7.99. The van der Waals surface area contributed by atoms with Crippen LogP contribution < -0.4 is 14.2 Å². The Bertz CT molecular complexity index is 1200. The molecule has 162 valence electrons. The maximum atomic E-state index is 13.2. The molecule has 3 aromatic carbocycles. The molecule has 0 saturated heterocycles. The van der Waals surface area contributed by atoms with Crippen LogP contribution in [0.5, 0.6) is 17.4 Å². The first-order valence-electron chi connectivity index (χ1n) is 9.92. The Hall–Kier alpha value is -3.71. The van der Waals surface area contributed by atoms with Crippen LogP contribution in [-0.2, 0) is 0 Å². The summed E-state index contributed by atoms with van der Waals surface area (Å²) in [5, 5.41) is 4.66. The van der Waals surface area contributed by atoms with Gasteiger partial charge in [0.2, 0.25) is 5.88 Å². The molecule has 0 amide bonds. The molecule has 4 rings (SSSR count). The number of aromatic nitrogens is 2. The predicted octanol–water partition coefficient (Wildman–Crippen LogP) is 5.57. The van der Waals surface area contributed by atoms with Crippen molar-refractivity contribution >= 4 is 17.7 Å². The number of ether oxygens (including phenoxy) is 3. The normalized spacial score (nSPS) is 10.6. The van der Waals surface area contributed by atoms with E-state index in [9.17, 15) is 4.79 Å². The summed E-state index contributed by atoms with van der Waals surface area (Å²) in [6, 6.07) is 24.4. The van der Waals surface area contributed by atoms with Crippen LogP contribution in [0.4, 0.5) is 0 Å². The first kappa shape index (κ1) is 21.5. The molecule has 0 fully saturated rings. The maximum Gasteiger partial charge on any atom is 0.345 e. The Balaban J connectivity index is 1.77. The van der Waals surface area contributed by atoms with Gasteiger partial charge < -0.3 is 14.2 Å².